The first-order chi connectivity index (χ1) is 8.31. The molecule has 0 aliphatic carbocycles. The van der Waals surface area contributed by atoms with E-state index in [1.54, 1.807) is 23.1 Å². The molecule has 1 aliphatic heterocycles. The molecule has 2 rings (SSSR count). The number of hydrogen-bond acceptors (Lipinski definition) is 4. The Morgan fingerprint density at radius 3 is 3.00 bits per heavy atom. The summed E-state index contributed by atoms with van der Waals surface area (Å²) >= 11 is 3.56. The number of nitrogens with zero attached hydrogens (tertiary/aromatic N) is 1. The molecule has 1 aliphatic rings. The molecule has 0 spiro atoms. The predicted octanol–water partition coefficient (Wildman–Crippen LogP) is 2.22. The number of hydrogen-bond donors (Lipinski definition) is 1. The topological polar surface area (TPSA) is 32.3 Å². The van der Waals surface area contributed by atoms with E-state index in [0.29, 0.717) is 0 Å². The van der Waals surface area contributed by atoms with Gasteiger partial charge in [-0.1, -0.05) is 6.07 Å². The third-order valence-electron chi connectivity index (χ3n) is 2.92. The third-order valence-corrected chi connectivity index (χ3v) is 4.79. The Labute approximate surface area is 123 Å². The van der Waals surface area contributed by atoms with E-state index in [1.165, 1.54) is 4.88 Å². The van der Waals surface area contributed by atoms with Crippen LogP contribution in [-0.4, -0.2) is 41.6 Å². The number of thioether (sulfide) groups is 1. The van der Waals surface area contributed by atoms with Gasteiger partial charge in [-0.2, -0.15) is 0 Å². The quantitative estimate of drug-likeness (QED) is 0.905. The summed E-state index contributed by atoms with van der Waals surface area (Å²) < 4.78 is 0. The van der Waals surface area contributed by atoms with Gasteiger partial charge in [-0.3, -0.25) is 10.1 Å². The summed E-state index contributed by atoms with van der Waals surface area (Å²) in [6.45, 7) is 3.68. The number of nitrogens with one attached hydrogen (secondary N) is 1. The van der Waals surface area contributed by atoms with E-state index in [2.05, 4.69) is 29.8 Å². The van der Waals surface area contributed by atoms with E-state index in [9.17, 15) is 4.79 Å². The minimum Gasteiger partial charge on any atom is -0.341 e. The molecule has 2 heterocycles. The number of thiophene rings is 1. The van der Waals surface area contributed by atoms with Crippen LogP contribution in [0.1, 0.15) is 11.8 Å². The molecule has 0 bridgehead atoms. The summed E-state index contributed by atoms with van der Waals surface area (Å²) in [5, 5.41) is 5.32. The Kier molecular flexibility index (Phi) is 7.07. The average molecular weight is 307 g/mol. The van der Waals surface area contributed by atoms with Gasteiger partial charge >= 0.3 is 0 Å². The maximum Gasteiger partial charge on any atom is 0.240 e. The van der Waals surface area contributed by atoms with Crippen molar-refractivity contribution in [3.05, 3.63) is 22.4 Å². The van der Waals surface area contributed by atoms with Crippen molar-refractivity contribution in [2.45, 2.75) is 19.4 Å². The minimum atomic E-state index is 0. The predicted molar refractivity (Wildman–Crippen MR) is 81.8 cm³/mol. The van der Waals surface area contributed by atoms with Crippen LogP contribution in [0.2, 0.25) is 0 Å². The summed E-state index contributed by atoms with van der Waals surface area (Å²) in [5.74, 6) is 2.07. The molecule has 1 fully saturated rings. The van der Waals surface area contributed by atoms with Crippen LogP contribution in [0.15, 0.2) is 17.5 Å². The molecule has 6 heteroatoms. The summed E-state index contributed by atoms with van der Waals surface area (Å²) in [6.07, 6.45) is 0.969. The van der Waals surface area contributed by atoms with Crippen molar-refractivity contribution >= 4 is 41.4 Å². The van der Waals surface area contributed by atoms with Gasteiger partial charge in [0.15, 0.2) is 0 Å². The van der Waals surface area contributed by atoms with Crippen LogP contribution in [-0.2, 0) is 11.2 Å². The molecular weight excluding hydrogens is 288 g/mol. The van der Waals surface area contributed by atoms with Crippen molar-refractivity contribution < 1.29 is 4.79 Å². The van der Waals surface area contributed by atoms with Crippen LogP contribution < -0.4 is 5.32 Å². The molecule has 0 radical (unpaired) electrons. The lowest BCUT2D eigenvalue weighted by atomic mass is 10.2. The second kappa shape index (κ2) is 8.04. The largest absolute Gasteiger partial charge is 0.341 e. The number of rotatable bonds is 5. The smallest absolute Gasteiger partial charge is 0.240 e. The van der Waals surface area contributed by atoms with Crippen molar-refractivity contribution in [2.24, 2.45) is 0 Å². The van der Waals surface area contributed by atoms with Crippen LogP contribution in [0.5, 0.6) is 0 Å². The summed E-state index contributed by atoms with van der Waals surface area (Å²) in [6, 6.07) is 4.23. The van der Waals surface area contributed by atoms with Crippen LogP contribution >= 0.6 is 35.5 Å². The SMILES string of the molecule is CCN(CCc1cccs1)C(=O)[C@H]1CSCN1.Cl. The van der Waals surface area contributed by atoms with Crippen LogP contribution in [0.3, 0.4) is 0 Å². The zero-order chi connectivity index (χ0) is 12.1. The molecule has 1 aromatic heterocycles. The van der Waals surface area contributed by atoms with Crippen molar-refractivity contribution in [1.29, 1.82) is 0 Å². The highest BCUT2D eigenvalue weighted by atomic mass is 35.5. The zero-order valence-corrected chi connectivity index (χ0v) is 12.9. The van der Waals surface area contributed by atoms with Crippen molar-refractivity contribution in [1.82, 2.24) is 10.2 Å². The lowest BCUT2D eigenvalue weighted by molar-refractivity contribution is -0.132. The molecule has 1 N–H and O–H groups in total. The fourth-order valence-corrected chi connectivity index (χ4v) is 3.53. The van der Waals surface area contributed by atoms with E-state index in [-0.39, 0.29) is 24.4 Å². The average Bonchev–Trinajstić information content (AvgIpc) is 3.02. The Balaban J connectivity index is 0.00000162. The highest BCUT2D eigenvalue weighted by Gasteiger charge is 2.26. The van der Waals surface area contributed by atoms with E-state index >= 15 is 0 Å². The molecule has 18 heavy (non-hydrogen) atoms. The molecule has 1 atom stereocenters. The third kappa shape index (κ3) is 4.16. The number of carbonyl (C=O) groups excluding carboxylic acids is 1. The monoisotopic (exact) mass is 306 g/mol. The van der Waals surface area contributed by atoms with Gasteiger partial charge in [0.1, 0.15) is 0 Å². The summed E-state index contributed by atoms with van der Waals surface area (Å²) in [4.78, 5) is 15.5. The Morgan fingerprint density at radius 2 is 2.44 bits per heavy atom. The van der Waals surface area contributed by atoms with Crippen LogP contribution in [0, 0.1) is 0 Å². The summed E-state index contributed by atoms with van der Waals surface area (Å²) in [5.41, 5.74) is 0. The van der Waals surface area contributed by atoms with Gasteiger partial charge in [-0.25, -0.2) is 0 Å². The molecule has 3 nitrogen and oxygen atoms in total. The Hall–Kier alpha value is -0.230. The van der Waals surface area contributed by atoms with Crippen LogP contribution in [0.4, 0.5) is 0 Å². The lowest BCUT2D eigenvalue weighted by Gasteiger charge is -2.23. The van der Waals surface area contributed by atoms with Gasteiger partial charge < -0.3 is 4.90 Å². The van der Waals surface area contributed by atoms with E-state index < -0.39 is 0 Å². The van der Waals surface area contributed by atoms with Crippen LogP contribution in [0.25, 0.3) is 0 Å². The fourth-order valence-electron chi connectivity index (χ4n) is 1.90. The number of likely N-dealkylation sites (N-methyl/N-ethyl adjacent to an activating group) is 1. The Bertz CT molecular complexity index is 353. The molecule has 1 saturated heterocycles. The second-order valence-corrected chi connectivity index (χ2v) is 6.08. The van der Waals surface area contributed by atoms with Crippen molar-refractivity contribution in [3.63, 3.8) is 0 Å². The highest BCUT2D eigenvalue weighted by Crippen LogP contribution is 2.14. The van der Waals surface area contributed by atoms with Gasteiger partial charge in [0.05, 0.1) is 6.04 Å². The van der Waals surface area contributed by atoms with Gasteiger partial charge in [-0.05, 0) is 24.8 Å². The highest BCUT2D eigenvalue weighted by molar-refractivity contribution is 7.99. The first-order valence-corrected chi connectivity index (χ1v) is 7.97. The van der Waals surface area contributed by atoms with Gasteiger partial charge in [-0.15, -0.1) is 35.5 Å². The number of halogens is 1. The lowest BCUT2D eigenvalue weighted by Crippen LogP contribution is -2.45. The molecule has 1 aromatic rings. The van der Waals surface area contributed by atoms with E-state index in [0.717, 1.165) is 31.1 Å². The maximum absolute atomic E-state index is 12.2. The van der Waals surface area contributed by atoms with E-state index in [4.69, 9.17) is 0 Å². The molecule has 0 unspecified atom stereocenters. The van der Waals surface area contributed by atoms with Gasteiger partial charge in [0.2, 0.25) is 5.91 Å². The fraction of sp³-hybridized carbons (Fsp3) is 0.583. The second-order valence-electron chi connectivity index (χ2n) is 4.02. The molecule has 1 amide bonds. The molecule has 0 saturated carbocycles. The molecule has 0 aromatic carbocycles. The standard InChI is InChI=1S/C12H18N2OS2.ClH/c1-2-14(6-5-10-4-3-7-17-10)12(15)11-8-16-9-13-11;/h3-4,7,11,13H,2,5-6,8-9H2,1H3;1H/t11-;/m1./s1. The number of carbonyl (C=O) groups is 1. The van der Waals surface area contributed by atoms with Gasteiger partial charge in [0, 0.05) is 29.6 Å². The minimum absolute atomic E-state index is 0. The number of amides is 1. The first kappa shape index (κ1) is 15.8. The first-order valence-electron chi connectivity index (χ1n) is 5.93. The molecule has 102 valence electrons. The van der Waals surface area contributed by atoms with Crippen molar-refractivity contribution in [3.8, 4) is 0 Å². The van der Waals surface area contributed by atoms with E-state index in [1.807, 2.05) is 4.90 Å². The molecular formula is C12H19ClN2OS2. The normalized spacial score (nSPS) is 18.4. The maximum atomic E-state index is 12.2. The Morgan fingerprint density at radius 1 is 1.61 bits per heavy atom. The van der Waals surface area contributed by atoms with Crippen molar-refractivity contribution in [2.75, 3.05) is 24.7 Å². The zero-order valence-electron chi connectivity index (χ0n) is 10.4. The van der Waals surface area contributed by atoms with Gasteiger partial charge in [0.25, 0.3) is 0 Å². The summed E-state index contributed by atoms with van der Waals surface area (Å²) in [7, 11) is 0.